The zero-order chi connectivity index (χ0) is 32.5. The number of allylic oxidation sites excluding steroid dienone is 2. The number of phosphoric ester groups is 1. The van der Waals surface area contributed by atoms with E-state index in [1.807, 2.05) is 0 Å². The summed E-state index contributed by atoms with van der Waals surface area (Å²) >= 11 is 0. The number of carbonyl (C=O) groups is 1. The molecular formula is C29H57N3O10P2. The van der Waals surface area contributed by atoms with Crippen LogP contribution in [-0.4, -0.2) is 83.6 Å². The highest BCUT2D eigenvalue weighted by atomic mass is 31.3. The third-order valence-electron chi connectivity index (χ3n) is 6.97. The first-order valence-corrected chi connectivity index (χ1v) is 19.4. The van der Waals surface area contributed by atoms with Gasteiger partial charge >= 0.3 is 21.4 Å². The van der Waals surface area contributed by atoms with Gasteiger partial charge in [-0.25, -0.2) is 13.7 Å². The number of amidine groups is 1. The predicted molar refractivity (Wildman–Crippen MR) is 172 cm³/mol. The molecule has 13 nitrogen and oxygen atoms in total. The van der Waals surface area contributed by atoms with Crippen LogP contribution in [0.1, 0.15) is 110 Å². The molecule has 15 heteroatoms. The van der Waals surface area contributed by atoms with Gasteiger partial charge in [0.25, 0.3) is 0 Å². The van der Waals surface area contributed by atoms with Crippen molar-refractivity contribution < 1.29 is 47.1 Å². The summed E-state index contributed by atoms with van der Waals surface area (Å²) in [5, 5.41) is 9.48. The number of urea groups is 1. The van der Waals surface area contributed by atoms with Gasteiger partial charge in [0.15, 0.2) is 0 Å². The lowest BCUT2D eigenvalue weighted by molar-refractivity contribution is 0.0139. The second-order valence-corrected chi connectivity index (χ2v) is 14.5. The lowest BCUT2D eigenvalue weighted by atomic mass is 10.1. The van der Waals surface area contributed by atoms with Crippen LogP contribution in [0.15, 0.2) is 17.1 Å². The number of aliphatic imine (C=N–C) groups is 1. The van der Waals surface area contributed by atoms with E-state index >= 15 is 0 Å². The smallest absolute Gasteiger partial charge is 0.394 e. The quantitative estimate of drug-likeness (QED) is 0.0399. The first-order valence-electron chi connectivity index (χ1n) is 16.2. The van der Waals surface area contributed by atoms with Crippen molar-refractivity contribution in [2.45, 2.75) is 116 Å². The Bertz CT molecular complexity index is 922. The van der Waals surface area contributed by atoms with Gasteiger partial charge in [-0.05, 0) is 38.5 Å². The molecule has 0 radical (unpaired) electrons. The van der Waals surface area contributed by atoms with Gasteiger partial charge in [0.05, 0.1) is 25.9 Å². The highest BCUT2D eigenvalue weighted by molar-refractivity contribution is 7.63. The standard InChI is InChI=1S/C29H57N3O10P2/c1-2-3-4-5-6-7-8-9-10-11-12-13-14-15-16-17-21-39-22-18-23-41-44(37,38)42-43(35,36)26-40-27(25-33)24-32-20-19-28(30)31-29(32)34/h9-10,27,33H,2-8,11-26H2,1H3,(H,35,36)(H,37,38)(H2,30,31,34)/b10-9+/t27-/m0/s1. The Morgan fingerprint density at radius 3 is 2.11 bits per heavy atom. The van der Waals surface area contributed by atoms with E-state index in [9.17, 15) is 28.8 Å². The summed E-state index contributed by atoms with van der Waals surface area (Å²) in [6.45, 7) is 2.51. The Morgan fingerprint density at radius 1 is 0.909 bits per heavy atom. The fourth-order valence-electron chi connectivity index (χ4n) is 4.48. The number of phosphoric acid groups is 1. The maximum atomic E-state index is 12.2. The summed E-state index contributed by atoms with van der Waals surface area (Å²) < 4.78 is 44.2. The first kappa shape index (κ1) is 40.9. The molecule has 2 unspecified atom stereocenters. The van der Waals surface area contributed by atoms with Gasteiger partial charge in [-0.2, -0.15) is 4.99 Å². The summed E-state index contributed by atoms with van der Waals surface area (Å²) in [5.41, 5.74) is 5.51. The van der Waals surface area contributed by atoms with Crippen LogP contribution in [0.2, 0.25) is 0 Å². The van der Waals surface area contributed by atoms with Gasteiger partial charge in [0.2, 0.25) is 0 Å². The van der Waals surface area contributed by atoms with Crippen LogP contribution in [-0.2, 0) is 27.4 Å². The third kappa shape index (κ3) is 22.4. The molecule has 0 aromatic rings. The van der Waals surface area contributed by atoms with Crippen molar-refractivity contribution >= 4 is 27.3 Å². The molecule has 44 heavy (non-hydrogen) atoms. The van der Waals surface area contributed by atoms with E-state index in [2.05, 4.69) is 28.4 Å². The Balaban J connectivity index is 2.01. The number of ether oxygens (including phenoxy) is 2. The predicted octanol–water partition coefficient (Wildman–Crippen LogP) is 6.27. The second kappa shape index (κ2) is 25.0. The number of amides is 2. The van der Waals surface area contributed by atoms with Gasteiger partial charge in [-0.15, -0.1) is 0 Å². The molecule has 1 aliphatic heterocycles. The Kier molecular flexibility index (Phi) is 23.2. The lowest BCUT2D eigenvalue weighted by Gasteiger charge is -2.28. The Labute approximate surface area is 263 Å². The monoisotopic (exact) mass is 669 g/mol. The SMILES string of the molecule is CCCCCCCC/C=C/CCCCCCCCOCCCOP(=O)(O)OP(=O)(O)CO[C@H](CO)CN1CCC(N)=NC1=O. The van der Waals surface area contributed by atoms with E-state index in [0.717, 1.165) is 19.3 Å². The van der Waals surface area contributed by atoms with E-state index in [1.54, 1.807) is 0 Å². The minimum absolute atomic E-state index is 0.114. The molecule has 1 aliphatic rings. The molecular weight excluding hydrogens is 612 g/mol. The molecule has 0 bridgehead atoms. The molecule has 0 saturated carbocycles. The van der Waals surface area contributed by atoms with Crippen LogP contribution in [0.3, 0.4) is 0 Å². The highest BCUT2D eigenvalue weighted by Crippen LogP contribution is 2.59. The molecule has 0 spiro atoms. The maximum absolute atomic E-state index is 12.2. The minimum atomic E-state index is -4.84. The molecule has 0 fully saturated rings. The molecule has 0 aromatic heterocycles. The fourth-order valence-corrected chi connectivity index (χ4v) is 6.90. The molecule has 5 N–H and O–H groups in total. The van der Waals surface area contributed by atoms with Crippen molar-refractivity contribution in [3.63, 3.8) is 0 Å². The second-order valence-electron chi connectivity index (χ2n) is 11.1. The number of aliphatic hydroxyl groups excluding tert-OH is 1. The fraction of sp³-hybridized carbons (Fsp3) is 0.862. The van der Waals surface area contributed by atoms with E-state index in [1.165, 1.54) is 75.5 Å². The number of rotatable bonds is 29. The molecule has 1 rings (SSSR count). The summed E-state index contributed by atoms with van der Waals surface area (Å²) in [7, 11) is -9.55. The highest BCUT2D eigenvalue weighted by Gasteiger charge is 2.35. The molecule has 2 amide bonds. The van der Waals surface area contributed by atoms with Gasteiger partial charge < -0.3 is 35.0 Å². The van der Waals surface area contributed by atoms with Crippen molar-refractivity contribution in [3.8, 4) is 0 Å². The number of carbonyl (C=O) groups excluding carboxylic acids is 1. The molecule has 3 atom stereocenters. The summed E-state index contributed by atoms with van der Waals surface area (Å²) in [6, 6.07) is -0.612. The number of nitrogens with two attached hydrogens (primary N) is 1. The zero-order valence-electron chi connectivity index (χ0n) is 26.6. The van der Waals surface area contributed by atoms with Gasteiger partial charge in [0.1, 0.15) is 12.2 Å². The minimum Gasteiger partial charge on any atom is -0.394 e. The Hall–Kier alpha value is -1.14. The molecule has 1 heterocycles. The van der Waals surface area contributed by atoms with Crippen LogP contribution in [0.4, 0.5) is 4.79 Å². The number of hydrogen-bond acceptors (Lipinski definition) is 9. The van der Waals surface area contributed by atoms with Gasteiger partial charge in [0, 0.05) is 26.2 Å². The number of aliphatic hydroxyl groups is 1. The van der Waals surface area contributed by atoms with E-state index < -0.39 is 40.5 Å². The van der Waals surface area contributed by atoms with Crippen molar-refractivity contribution in [3.05, 3.63) is 12.2 Å². The lowest BCUT2D eigenvalue weighted by Crippen LogP contribution is -2.43. The van der Waals surface area contributed by atoms with Gasteiger partial charge in [-0.1, -0.05) is 76.9 Å². The van der Waals surface area contributed by atoms with Crippen molar-refractivity contribution in [1.29, 1.82) is 0 Å². The molecule has 0 aliphatic carbocycles. The molecule has 0 saturated heterocycles. The van der Waals surface area contributed by atoms with E-state index in [-0.39, 0.29) is 25.5 Å². The summed E-state index contributed by atoms with van der Waals surface area (Å²) in [4.78, 5) is 36.5. The van der Waals surface area contributed by atoms with Gasteiger partial charge in [-0.3, -0.25) is 9.09 Å². The first-order chi connectivity index (χ1) is 21.1. The molecule has 258 valence electrons. The topological polar surface area (TPSA) is 190 Å². The van der Waals surface area contributed by atoms with Crippen LogP contribution in [0.5, 0.6) is 0 Å². The van der Waals surface area contributed by atoms with Crippen molar-refractivity contribution in [2.75, 3.05) is 45.9 Å². The number of nitrogens with zero attached hydrogens (tertiary/aromatic N) is 2. The number of hydrogen-bond donors (Lipinski definition) is 4. The van der Waals surface area contributed by atoms with E-state index in [0.29, 0.717) is 26.1 Å². The summed E-state index contributed by atoms with van der Waals surface area (Å²) in [6.07, 6.45) is 20.6. The van der Waals surface area contributed by atoms with Crippen molar-refractivity contribution in [1.82, 2.24) is 4.90 Å². The summed E-state index contributed by atoms with van der Waals surface area (Å²) in [5.74, 6) is 0.194. The van der Waals surface area contributed by atoms with Crippen LogP contribution in [0, 0.1) is 0 Å². The van der Waals surface area contributed by atoms with Crippen LogP contribution >= 0.6 is 15.4 Å². The average Bonchev–Trinajstić information content (AvgIpc) is 2.96. The maximum Gasteiger partial charge on any atom is 0.479 e. The average molecular weight is 670 g/mol. The largest absolute Gasteiger partial charge is 0.479 e. The van der Waals surface area contributed by atoms with Crippen LogP contribution in [0.25, 0.3) is 0 Å². The molecule has 0 aromatic carbocycles. The number of unbranched alkanes of at least 4 members (excludes halogenated alkanes) is 12. The van der Waals surface area contributed by atoms with Crippen molar-refractivity contribution in [2.24, 2.45) is 10.7 Å². The normalized spacial score (nSPS) is 17.5. The van der Waals surface area contributed by atoms with Crippen LogP contribution < -0.4 is 5.73 Å². The third-order valence-corrected chi connectivity index (χ3v) is 9.80. The van der Waals surface area contributed by atoms with E-state index in [4.69, 9.17) is 19.7 Å². The Morgan fingerprint density at radius 2 is 1.50 bits per heavy atom. The zero-order valence-corrected chi connectivity index (χ0v) is 28.3.